The molecule has 0 unspecified atom stereocenters. The van der Waals surface area contributed by atoms with Gasteiger partial charge in [-0.25, -0.2) is 9.89 Å². The summed E-state index contributed by atoms with van der Waals surface area (Å²) < 4.78 is 5.78. The second-order valence-corrected chi connectivity index (χ2v) is 7.53. The molecule has 0 atom stereocenters. The quantitative estimate of drug-likeness (QED) is 0.836. The number of carbonyl (C=O) groups is 1. The lowest BCUT2D eigenvalue weighted by Gasteiger charge is -2.30. The van der Waals surface area contributed by atoms with Crippen molar-refractivity contribution in [3.8, 4) is 5.88 Å². The van der Waals surface area contributed by atoms with Crippen molar-refractivity contribution in [1.82, 2.24) is 15.4 Å². The first-order valence-electron chi connectivity index (χ1n) is 9.86. The Bertz CT molecular complexity index is 760. The number of nitrogens with one attached hydrogen (secondary N) is 1. The maximum Gasteiger partial charge on any atom is 0.359 e. The number of aromatic nitrogens is 3. The predicted octanol–water partition coefficient (Wildman–Crippen LogP) is 3.60. The largest absolute Gasteiger partial charge is 0.476 e. The second kappa shape index (κ2) is 7.98. The molecule has 2 heterocycles. The van der Waals surface area contributed by atoms with Crippen molar-refractivity contribution < 1.29 is 14.6 Å². The van der Waals surface area contributed by atoms with E-state index in [-0.39, 0.29) is 17.7 Å². The molecule has 7 nitrogen and oxygen atoms in total. The Balaban J connectivity index is 1.32. The monoisotopic (exact) mass is 370 g/mol. The van der Waals surface area contributed by atoms with Crippen molar-refractivity contribution in [3.63, 3.8) is 0 Å². The van der Waals surface area contributed by atoms with Crippen LogP contribution in [0.15, 0.2) is 24.3 Å². The van der Waals surface area contributed by atoms with Crippen LogP contribution in [-0.4, -0.2) is 45.7 Å². The van der Waals surface area contributed by atoms with Gasteiger partial charge in [-0.05, 0) is 68.6 Å². The fraction of sp³-hybridized carbons (Fsp3) is 0.550. The van der Waals surface area contributed by atoms with Crippen LogP contribution in [0.1, 0.15) is 66.9 Å². The van der Waals surface area contributed by atoms with Gasteiger partial charge in [0.05, 0.1) is 0 Å². The van der Waals surface area contributed by atoms with Gasteiger partial charge in [0.2, 0.25) is 5.69 Å². The Morgan fingerprint density at radius 1 is 1.07 bits per heavy atom. The van der Waals surface area contributed by atoms with Gasteiger partial charge >= 0.3 is 5.97 Å². The van der Waals surface area contributed by atoms with E-state index < -0.39 is 5.97 Å². The third kappa shape index (κ3) is 4.07. The number of aromatic amines is 1. The van der Waals surface area contributed by atoms with Gasteiger partial charge in [0.15, 0.2) is 0 Å². The number of hydrogen-bond donors (Lipinski definition) is 2. The summed E-state index contributed by atoms with van der Waals surface area (Å²) in [5.41, 5.74) is 2.65. The van der Waals surface area contributed by atoms with E-state index in [0.29, 0.717) is 5.92 Å². The number of H-pyrrole nitrogens is 1. The zero-order valence-electron chi connectivity index (χ0n) is 15.4. The first-order chi connectivity index (χ1) is 13.2. The van der Waals surface area contributed by atoms with E-state index in [9.17, 15) is 4.79 Å². The van der Waals surface area contributed by atoms with E-state index in [1.165, 1.54) is 43.6 Å². The smallest absolute Gasteiger partial charge is 0.359 e. The fourth-order valence-corrected chi connectivity index (χ4v) is 4.22. The van der Waals surface area contributed by atoms with Gasteiger partial charge in [-0.1, -0.05) is 22.4 Å². The normalized spacial score (nSPS) is 23.2. The van der Waals surface area contributed by atoms with E-state index in [1.807, 2.05) is 0 Å². The van der Waals surface area contributed by atoms with Gasteiger partial charge in [0.25, 0.3) is 5.88 Å². The highest BCUT2D eigenvalue weighted by atomic mass is 16.5. The molecule has 4 rings (SSSR count). The van der Waals surface area contributed by atoms with Gasteiger partial charge < -0.3 is 14.7 Å². The average molecular weight is 370 g/mol. The highest BCUT2D eigenvalue weighted by Crippen LogP contribution is 2.35. The molecule has 2 aliphatic rings. The zero-order chi connectivity index (χ0) is 18.6. The number of carboxylic acids is 1. The van der Waals surface area contributed by atoms with Crippen molar-refractivity contribution in [3.05, 3.63) is 35.5 Å². The number of nitrogens with zero attached hydrogens (tertiary/aromatic N) is 3. The van der Waals surface area contributed by atoms with E-state index in [2.05, 4.69) is 44.6 Å². The third-order valence-electron chi connectivity index (χ3n) is 5.77. The number of ether oxygens (including phenoxy) is 1. The topological polar surface area (TPSA) is 91.3 Å². The molecule has 2 aromatic rings. The van der Waals surface area contributed by atoms with E-state index in [1.54, 1.807) is 0 Å². The molecule has 0 bridgehead atoms. The number of hydrogen-bond acceptors (Lipinski definition) is 5. The zero-order valence-corrected chi connectivity index (χ0v) is 15.4. The lowest BCUT2D eigenvalue weighted by atomic mass is 9.82. The summed E-state index contributed by atoms with van der Waals surface area (Å²) in [4.78, 5) is 13.6. The summed E-state index contributed by atoms with van der Waals surface area (Å²) in [7, 11) is 0. The van der Waals surface area contributed by atoms with Crippen LogP contribution in [0, 0.1) is 0 Å². The Morgan fingerprint density at radius 2 is 1.78 bits per heavy atom. The molecule has 144 valence electrons. The average Bonchev–Trinajstić information content (AvgIpc) is 3.18. The Hall–Kier alpha value is -2.57. The highest BCUT2D eigenvalue weighted by molar-refractivity contribution is 5.87. The van der Waals surface area contributed by atoms with Crippen molar-refractivity contribution in [2.75, 3.05) is 18.0 Å². The molecule has 1 aliphatic carbocycles. The molecule has 1 aromatic carbocycles. The standard InChI is InChI=1S/C20H26N4O3/c25-20(26)18-19(22-23-21-18)27-17-10-6-15(7-11-17)14-4-8-16(9-5-14)24-12-2-1-3-13-24/h4-5,8-9,15,17H,1-3,6-7,10-13H2,(H,25,26)(H,21,22,23)/t15-,17-. The van der Waals surface area contributed by atoms with Crippen LogP contribution in [-0.2, 0) is 0 Å². The molecule has 2 N–H and O–H groups in total. The van der Waals surface area contributed by atoms with Gasteiger partial charge in [-0.2, -0.15) is 0 Å². The summed E-state index contributed by atoms with van der Waals surface area (Å²) in [5.74, 6) is -0.467. The van der Waals surface area contributed by atoms with Crippen LogP contribution < -0.4 is 9.64 Å². The van der Waals surface area contributed by atoms with E-state index >= 15 is 0 Å². The van der Waals surface area contributed by atoms with Crippen LogP contribution in [0.2, 0.25) is 0 Å². The van der Waals surface area contributed by atoms with Crippen LogP contribution in [0.25, 0.3) is 0 Å². The summed E-state index contributed by atoms with van der Waals surface area (Å²) in [6, 6.07) is 9.07. The van der Waals surface area contributed by atoms with Crippen molar-refractivity contribution >= 4 is 11.7 Å². The molecule has 0 amide bonds. The van der Waals surface area contributed by atoms with Gasteiger partial charge in [0.1, 0.15) is 6.10 Å². The Kier molecular flexibility index (Phi) is 5.27. The van der Waals surface area contributed by atoms with Crippen molar-refractivity contribution in [2.24, 2.45) is 0 Å². The summed E-state index contributed by atoms with van der Waals surface area (Å²) in [6.45, 7) is 2.34. The molecule has 1 saturated carbocycles. The summed E-state index contributed by atoms with van der Waals surface area (Å²) in [5, 5.41) is 18.8. The van der Waals surface area contributed by atoms with Crippen LogP contribution in [0.5, 0.6) is 5.88 Å². The first-order valence-corrected chi connectivity index (χ1v) is 9.86. The first kappa shape index (κ1) is 17.8. The summed E-state index contributed by atoms with van der Waals surface area (Å²) in [6.07, 6.45) is 7.79. The van der Waals surface area contributed by atoms with Crippen molar-refractivity contribution in [1.29, 1.82) is 0 Å². The Morgan fingerprint density at radius 3 is 2.44 bits per heavy atom. The molecule has 1 saturated heterocycles. The van der Waals surface area contributed by atoms with Crippen LogP contribution in [0.4, 0.5) is 5.69 Å². The minimum absolute atomic E-state index is 0.00271. The van der Waals surface area contributed by atoms with E-state index in [4.69, 9.17) is 9.84 Å². The lowest BCUT2D eigenvalue weighted by Crippen LogP contribution is -2.29. The molecule has 7 heteroatoms. The molecule has 1 aliphatic heterocycles. The number of carboxylic acid groups (broad SMARTS) is 1. The third-order valence-corrected chi connectivity index (χ3v) is 5.77. The number of aromatic carboxylic acids is 1. The van der Waals surface area contributed by atoms with Crippen LogP contribution >= 0.6 is 0 Å². The summed E-state index contributed by atoms with van der Waals surface area (Å²) >= 11 is 0. The predicted molar refractivity (Wildman–Crippen MR) is 101 cm³/mol. The number of piperidine rings is 1. The fourth-order valence-electron chi connectivity index (χ4n) is 4.22. The number of benzene rings is 1. The lowest BCUT2D eigenvalue weighted by molar-refractivity contribution is 0.0678. The molecule has 0 spiro atoms. The maximum absolute atomic E-state index is 11.1. The number of rotatable bonds is 5. The Labute approximate surface area is 158 Å². The highest BCUT2D eigenvalue weighted by Gasteiger charge is 2.26. The number of anilines is 1. The molecular formula is C20H26N4O3. The SMILES string of the molecule is O=C(O)c1[nH]nnc1O[C@H]1CC[C@H](c2ccc(N3CCCCC3)cc2)CC1. The second-order valence-electron chi connectivity index (χ2n) is 7.53. The minimum Gasteiger partial charge on any atom is -0.476 e. The van der Waals surface area contributed by atoms with E-state index in [0.717, 1.165) is 25.7 Å². The van der Waals surface area contributed by atoms with Crippen molar-refractivity contribution in [2.45, 2.75) is 57.0 Å². The maximum atomic E-state index is 11.1. The van der Waals surface area contributed by atoms with Gasteiger partial charge in [-0.15, -0.1) is 0 Å². The molecule has 0 radical (unpaired) electrons. The molecular weight excluding hydrogens is 344 g/mol. The van der Waals surface area contributed by atoms with Gasteiger partial charge in [0, 0.05) is 18.8 Å². The minimum atomic E-state index is -1.10. The van der Waals surface area contributed by atoms with Gasteiger partial charge in [-0.3, -0.25) is 0 Å². The molecule has 2 fully saturated rings. The molecule has 27 heavy (non-hydrogen) atoms. The molecule has 1 aromatic heterocycles. The van der Waals surface area contributed by atoms with Crippen LogP contribution in [0.3, 0.4) is 0 Å².